The Morgan fingerprint density at radius 2 is 1.65 bits per heavy atom. The molecule has 132 valence electrons. The van der Waals surface area contributed by atoms with E-state index in [1.54, 1.807) is 24.3 Å². The molecule has 0 saturated heterocycles. The Hall–Kier alpha value is -3.41. The van der Waals surface area contributed by atoms with Crippen LogP contribution in [-0.4, -0.2) is 29.7 Å². The van der Waals surface area contributed by atoms with Gasteiger partial charge in [0.1, 0.15) is 5.70 Å². The summed E-state index contributed by atoms with van der Waals surface area (Å²) in [5.74, 6) is -0.916. The molecular formula is C20H19N3O3. The van der Waals surface area contributed by atoms with Gasteiger partial charge in [-0.2, -0.15) is 0 Å². The molecule has 1 aliphatic heterocycles. The van der Waals surface area contributed by atoms with E-state index < -0.39 is 0 Å². The zero-order valence-corrected chi connectivity index (χ0v) is 14.8. The Balaban J connectivity index is 2.01. The second kappa shape index (κ2) is 6.84. The molecule has 0 radical (unpaired) electrons. The topological polar surface area (TPSA) is 78.5 Å². The molecule has 0 aliphatic carbocycles. The fourth-order valence-electron chi connectivity index (χ4n) is 2.82. The summed E-state index contributed by atoms with van der Waals surface area (Å²) < 4.78 is 0. The molecule has 2 aromatic rings. The molecule has 0 fully saturated rings. The van der Waals surface area contributed by atoms with Gasteiger partial charge in [-0.05, 0) is 42.3 Å². The third-order valence-electron chi connectivity index (χ3n) is 4.07. The average molecular weight is 349 g/mol. The van der Waals surface area contributed by atoms with Gasteiger partial charge < -0.3 is 10.6 Å². The van der Waals surface area contributed by atoms with Crippen molar-refractivity contribution in [2.45, 2.75) is 13.8 Å². The molecule has 2 aromatic carbocycles. The van der Waals surface area contributed by atoms with Gasteiger partial charge in [0.05, 0.1) is 5.57 Å². The quantitative estimate of drug-likeness (QED) is 0.832. The normalized spacial score (nSPS) is 14.0. The highest BCUT2D eigenvalue weighted by molar-refractivity contribution is 6.36. The number of nitrogens with one attached hydrogen (secondary N) is 2. The average Bonchev–Trinajstić information content (AvgIpc) is 2.80. The van der Waals surface area contributed by atoms with E-state index in [9.17, 15) is 14.4 Å². The van der Waals surface area contributed by atoms with Crippen molar-refractivity contribution in [3.63, 3.8) is 0 Å². The summed E-state index contributed by atoms with van der Waals surface area (Å²) in [4.78, 5) is 37.3. The number of hydrogen-bond acceptors (Lipinski definition) is 4. The molecule has 6 nitrogen and oxygen atoms in total. The van der Waals surface area contributed by atoms with Crippen LogP contribution < -0.4 is 10.6 Å². The highest BCUT2D eigenvalue weighted by Crippen LogP contribution is 2.30. The number of nitrogens with zero attached hydrogens (tertiary/aromatic N) is 1. The molecule has 3 rings (SSSR count). The van der Waals surface area contributed by atoms with Crippen molar-refractivity contribution in [1.82, 2.24) is 4.90 Å². The number of amides is 3. The van der Waals surface area contributed by atoms with Crippen molar-refractivity contribution >= 4 is 34.7 Å². The summed E-state index contributed by atoms with van der Waals surface area (Å²) in [6.07, 6.45) is 0. The molecule has 0 unspecified atom stereocenters. The van der Waals surface area contributed by atoms with Gasteiger partial charge in [0, 0.05) is 25.3 Å². The lowest BCUT2D eigenvalue weighted by Crippen LogP contribution is -2.27. The van der Waals surface area contributed by atoms with E-state index in [1.165, 1.54) is 14.0 Å². The fraction of sp³-hybridized carbons (Fsp3) is 0.150. The molecule has 3 amide bonds. The number of carbonyl (C=O) groups is 3. The Labute approximate surface area is 151 Å². The summed E-state index contributed by atoms with van der Waals surface area (Å²) in [7, 11) is 1.46. The van der Waals surface area contributed by atoms with Crippen LogP contribution >= 0.6 is 0 Å². The van der Waals surface area contributed by atoms with Crippen LogP contribution in [0.2, 0.25) is 0 Å². The van der Waals surface area contributed by atoms with Crippen LogP contribution in [0, 0.1) is 6.92 Å². The maximum absolute atomic E-state index is 12.6. The van der Waals surface area contributed by atoms with Crippen LogP contribution in [0.15, 0.2) is 54.2 Å². The zero-order chi connectivity index (χ0) is 18.8. The predicted molar refractivity (Wildman–Crippen MR) is 100 cm³/mol. The number of likely N-dealkylation sites (N-methyl/N-ethyl adjacent to an activating group) is 1. The van der Waals surface area contributed by atoms with E-state index in [4.69, 9.17) is 0 Å². The third kappa shape index (κ3) is 3.35. The first-order valence-corrected chi connectivity index (χ1v) is 8.15. The van der Waals surface area contributed by atoms with Gasteiger partial charge in [-0.15, -0.1) is 0 Å². The molecular weight excluding hydrogens is 330 g/mol. The maximum atomic E-state index is 12.6. The van der Waals surface area contributed by atoms with Crippen molar-refractivity contribution in [2.24, 2.45) is 0 Å². The largest absolute Gasteiger partial charge is 0.350 e. The monoisotopic (exact) mass is 349 g/mol. The molecule has 0 spiro atoms. The first kappa shape index (κ1) is 17.4. The molecule has 26 heavy (non-hydrogen) atoms. The van der Waals surface area contributed by atoms with E-state index in [1.807, 2.05) is 31.2 Å². The molecule has 0 saturated carbocycles. The van der Waals surface area contributed by atoms with Gasteiger partial charge in [-0.3, -0.25) is 19.3 Å². The second-order valence-electron chi connectivity index (χ2n) is 6.17. The van der Waals surface area contributed by atoms with Crippen molar-refractivity contribution in [1.29, 1.82) is 0 Å². The van der Waals surface area contributed by atoms with E-state index in [-0.39, 0.29) is 23.4 Å². The van der Waals surface area contributed by atoms with E-state index >= 15 is 0 Å². The number of imide groups is 1. The summed E-state index contributed by atoms with van der Waals surface area (Å²) in [6, 6.07) is 14.4. The third-order valence-corrected chi connectivity index (χ3v) is 4.07. The summed E-state index contributed by atoms with van der Waals surface area (Å²) in [5.41, 5.74) is 3.58. The maximum Gasteiger partial charge on any atom is 0.277 e. The van der Waals surface area contributed by atoms with E-state index in [0.717, 1.165) is 16.2 Å². The SMILES string of the molecule is CC(=O)Nc1ccc(C2=C(Nc3cccc(C)c3)C(=O)N(C)C2=O)cc1. The smallest absolute Gasteiger partial charge is 0.277 e. The number of benzene rings is 2. The summed E-state index contributed by atoms with van der Waals surface area (Å²) >= 11 is 0. The van der Waals surface area contributed by atoms with Gasteiger partial charge in [0.25, 0.3) is 11.8 Å². The van der Waals surface area contributed by atoms with Crippen molar-refractivity contribution in [3.05, 3.63) is 65.4 Å². The standard InChI is InChI=1S/C20H19N3O3/c1-12-5-4-6-16(11-12)22-18-17(19(25)23(3)20(18)26)14-7-9-15(10-8-14)21-13(2)24/h4-11,22H,1-3H3,(H,21,24). The van der Waals surface area contributed by atoms with Gasteiger partial charge in [-0.1, -0.05) is 24.3 Å². The molecule has 1 aliphatic rings. The van der Waals surface area contributed by atoms with Crippen LogP contribution in [0.4, 0.5) is 11.4 Å². The van der Waals surface area contributed by atoms with Crippen LogP contribution in [0.5, 0.6) is 0 Å². The number of anilines is 2. The highest BCUT2D eigenvalue weighted by atomic mass is 16.2. The molecule has 6 heteroatoms. The fourth-order valence-corrected chi connectivity index (χ4v) is 2.82. The lowest BCUT2D eigenvalue weighted by molar-refractivity contribution is -0.135. The van der Waals surface area contributed by atoms with Crippen molar-refractivity contribution in [3.8, 4) is 0 Å². The molecule has 0 aromatic heterocycles. The summed E-state index contributed by atoms with van der Waals surface area (Å²) in [6.45, 7) is 3.38. The Morgan fingerprint density at radius 1 is 0.962 bits per heavy atom. The van der Waals surface area contributed by atoms with Crippen LogP contribution in [0.3, 0.4) is 0 Å². The molecule has 1 heterocycles. The number of hydrogen-bond donors (Lipinski definition) is 2. The lowest BCUT2D eigenvalue weighted by Gasteiger charge is -2.09. The number of carbonyl (C=O) groups excluding carboxylic acids is 3. The first-order chi connectivity index (χ1) is 12.4. The minimum absolute atomic E-state index is 0.175. The molecule has 2 N–H and O–H groups in total. The minimum atomic E-state index is -0.377. The Morgan fingerprint density at radius 3 is 2.27 bits per heavy atom. The molecule has 0 bridgehead atoms. The highest BCUT2D eigenvalue weighted by Gasteiger charge is 2.36. The number of aryl methyl sites for hydroxylation is 1. The Bertz CT molecular complexity index is 930. The Kier molecular flexibility index (Phi) is 4.58. The van der Waals surface area contributed by atoms with Gasteiger partial charge >= 0.3 is 0 Å². The van der Waals surface area contributed by atoms with E-state index in [0.29, 0.717) is 16.8 Å². The lowest BCUT2D eigenvalue weighted by atomic mass is 10.0. The van der Waals surface area contributed by atoms with Crippen LogP contribution in [-0.2, 0) is 14.4 Å². The van der Waals surface area contributed by atoms with Crippen LogP contribution in [0.1, 0.15) is 18.1 Å². The van der Waals surface area contributed by atoms with Crippen molar-refractivity contribution < 1.29 is 14.4 Å². The predicted octanol–water partition coefficient (Wildman–Crippen LogP) is 2.78. The first-order valence-electron chi connectivity index (χ1n) is 8.15. The van der Waals surface area contributed by atoms with Crippen molar-refractivity contribution in [2.75, 3.05) is 17.7 Å². The summed E-state index contributed by atoms with van der Waals surface area (Å²) in [5, 5.41) is 5.76. The molecule has 0 atom stereocenters. The van der Waals surface area contributed by atoms with Crippen LogP contribution in [0.25, 0.3) is 5.57 Å². The van der Waals surface area contributed by atoms with Gasteiger partial charge in [0.15, 0.2) is 0 Å². The van der Waals surface area contributed by atoms with Gasteiger partial charge in [0.2, 0.25) is 5.91 Å². The minimum Gasteiger partial charge on any atom is -0.350 e. The number of rotatable bonds is 4. The zero-order valence-electron chi connectivity index (χ0n) is 14.8. The second-order valence-corrected chi connectivity index (χ2v) is 6.17. The van der Waals surface area contributed by atoms with Gasteiger partial charge in [-0.25, -0.2) is 0 Å². The van der Waals surface area contributed by atoms with E-state index in [2.05, 4.69) is 10.6 Å².